The number of hydrogen-bond donors (Lipinski definition) is 0. The lowest BCUT2D eigenvalue weighted by molar-refractivity contribution is 0.616. The molecule has 0 atom stereocenters. The van der Waals surface area contributed by atoms with E-state index in [-0.39, 0.29) is 37.1 Å². The molecule has 0 aliphatic rings. The van der Waals surface area contributed by atoms with Gasteiger partial charge in [0.25, 0.3) is 0 Å². The van der Waals surface area contributed by atoms with Gasteiger partial charge in [-0.3, -0.25) is 0 Å². The average Bonchev–Trinajstić information content (AvgIpc) is 2.46. The van der Waals surface area contributed by atoms with Crippen LogP contribution < -0.4 is 0 Å². The van der Waals surface area contributed by atoms with Crippen LogP contribution in [0.15, 0.2) is 18.2 Å². The van der Waals surface area contributed by atoms with Crippen LogP contribution in [0, 0.1) is 17.1 Å². The molecule has 2 aromatic carbocycles. The maximum absolute atomic E-state index is 13.9. The molecular weight excluding hydrogens is 378 g/mol. The van der Waals surface area contributed by atoms with Crippen LogP contribution in [0.4, 0.5) is 4.39 Å². The van der Waals surface area contributed by atoms with Crippen molar-refractivity contribution in [2.24, 2.45) is 0 Å². The molecule has 0 saturated carbocycles. The highest BCUT2D eigenvalue weighted by Crippen LogP contribution is 2.48. The predicted octanol–water partition coefficient (Wildman–Crippen LogP) is 6.83. The van der Waals surface area contributed by atoms with Crippen LogP contribution in [0.2, 0.25) is 25.1 Å². The van der Waals surface area contributed by atoms with E-state index < -0.39 is 5.82 Å². The highest BCUT2D eigenvalue weighted by Gasteiger charge is 2.21. The molecule has 108 valence electrons. The molecule has 1 nitrogen and oxygen atoms in total. The molecule has 0 aliphatic carbocycles. The Morgan fingerprint density at radius 3 is 1.90 bits per heavy atom. The molecule has 0 fully saturated rings. The smallest absolute Gasteiger partial charge is 0.128 e. The highest BCUT2D eigenvalue weighted by atomic mass is 35.5. The normalized spacial score (nSPS) is 10.5. The first-order valence-electron chi connectivity index (χ1n) is 5.55. The molecule has 0 saturated heterocycles. The van der Waals surface area contributed by atoms with Crippen LogP contribution in [-0.2, 0) is 6.42 Å². The summed E-state index contributed by atoms with van der Waals surface area (Å²) < 4.78 is 13.9. The molecule has 2 rings (SSSR count). The van der Waals surface area contributed by atoms with Gasteiger partial charge in [0.15, 0.2) is 0 Å². The van der Waals surface area contributed by atoms with Crippen LogP contribution in [0.25, 0.3) is 11.1 Å². The first kappa shape index (κ1) is 16.7. The summed E-state index contributed by atoms with van der Waals surface area (Å²) in [5.74, 6) is -0.539. The van der Waals surface area contributed by atoms with Crippen molar-refractivity contribution in [3.8, 4) is 17.2 Å². The van der Waals surface area contributed by atoms with Gasteiger partial charge in [0.1, 0.15) is 5.82 Å². The number of nitriles is 1. The van der Waals surface area contributed by atoms with Gasteiger partial charge in [-0.05, 0) is 11.6 Å². The second kappa shape index (κ2) is 6.60. The SMILES string of the molecule is N#CCc1ccc(-c2c(Cl)c(Cl)c(Cl)c(Cl)c2Cl)cc1F. The van der Waals surface area contributed by atoms with Gasteiger partial charge < -0.3 is 0 Å². The minimum Gasteiger partial charge on any atom is -0.207 e. The van der Waals surface area contributed by atoms with E-state index in [2.05, 4.69) is 0 Å². The lowest BCUT2D eigenvalue weighted by atomic mass is 10.0. The van der Waals surface area contributed by atoms with Crippen molar-refractivity contribution in [3.05, 3.63) is 54.7 Å². The zero-order chi connectivity index (χ0) is 15.7. The average molecular weight is 383 g/mol. The highest BCUT2D eigenvalue weighted by molar-refractivity contribution is 6.56. The molecule has 0 bridgehead atoms. The summed E-state index contributed by atoms with van der Waals surface area (Å²) in [6.07, 6.45) is -0.0320. The third-order valence-electron chi connectivity index (χ3n) is 2.82. The monoisotopic (exact) mass is 381 g/mol. The number of benzene rings is 2. The van der Waals surface area contributed by atoms with Gasteiger partial charge in [-0.2, -0.15) is 5.26 Å². The lowest BCUT2D eigenvalue weighted by Crippen LogP contribution is -1.92. The molecule has 0 aromatic heterocycles. The summed E-state index contributed by atoms with van der Waals surface area (Å²) in [5, 5.41) is 8.92. The maximum Gasteiger partial charge on any atom is 0.128 e. The Kier molecular flexibility index (Phi) is 5.24. The fourth-order valence-corrected chi connectivity index (χ4v) is 3.15. The summed E-state index contributed by atoms with van der Waals surface area (Å²) in [4.78, 5) is 0. The minimum atomic E-state index is -0.539. The molecule has 0 amide bonds. The van der Waals surface area contributed by atoms with E-state index in [0.717, 1.165) is 0 Å². The van der Waals surface area contributed by atoms with Crippen molar-refractivity contribution in [3.63, 3.8) is 0 Å². The topological polar surface area (TPSA) is 23.8 Å². The molecule has 0 radical (unpaired) electrons. The first-order valence-corrected chi connectivity index (χ1v) is 7.44. The van der Waals surface area contributed by atoms with E-state index in [4.69, 9.17) is 63.3 Å². The van der Waals surface area contributed by atoms with Gasteiger partial charge in [0.05, 0.1) is 37.6 Å². The molecule has 0 N–H and O–H groups in total. The summed E-state index contributed by atoms with van der Waals surface area (Å²) in [6.45, 7) is 0. The Bertz CT molecular complexity index is 738. The Labute approximate surface area is 145 Å². The van der Waals surface area contributed by atoms with Crippen LogP contribution in [-0.4, -0.2) is 0 Å². The zero-order valence-corrected chi connectivity index (χ0v) is 13.9. The number of halogens is 6. The van der Waals surface area contributed by atoms with Crippen molar-refractivity contribution in [2.75, 3.05) is 0 Å². The third kappa shape index (κ3) is 3.08. The van der Waals surface area contributed by atoms with Crippen LogP contribution >= 0.6 is 58.0 Å². The van der Waals surface area contributed by atoms with Crippen molar-refractivity contribution in [1.29, 1.82) is 5.26 Å². The van der Waals surface area contributed by atoms with E-state index in [1.807, 2.05) is 6.07 Å². The van der Waals surface area contributed by atoms with Gasteiger partial charge in [0, 0.05) is 11.1 Å². The molecule has 7 heteroatoms. The van der Waals surface area contributed by atoms with E-state index >= 15 is 0 Å². The zero-order valence-electron chi connectivity index (χ0n) is 10.2. The molecule has 21 heavy (non-hydrogen) atoms. The van der Waals surface area contributed by atoms with Gasteiger partial charge in [-0.25, -0.2) is 4.39 Å². The van der Waals surface area contributed by atoms with Crippen LogP contribution in [0.5, 0.6) is 0 Å². The second-order valence-electron chi connectivity index (χ2n) is 4.09. The van der Waals surface area contributed by atoms with Crippen molar-refractivity contribution >= 4 is 58.0 Å². The quantitative estimate of drug-likeness (QED) is 0.412. The van der Waals surface area contributed by atoms with Crippen molar-refractivity contribution in [1.82, 2.24) is 0 Å². The van der Waals surface area contributed by atoms with Gasteiger partial charge in [-0.15, -0.1) is 0 Å². The minimum absolute atomic E-state index is 0.0320. The van der Waals surface area contributed by atoms with Crippen LogP contribution in [0.3, 0.4) is 0 Å². The molecular formula is C14H5Cl5FN. The Hall–Kier alpha value is -0.690. The number of rotatable bonds is 2. The first-order chi connectivity index (χ1) is 9.88. The summed E-state index contributed by atoms with van der Waals surface area (Å²) >= 11 is 30.1. The van der Waals surface area contributed by atoms with Crippen molar-refractivity contribution < 1.29 is 4.39 Å². The van der Waals surface area contributed by atoms with E-state index in [1.165, 1.54) is 12.1 Å². The summed E-state index contributed by atoms with van der Waals surface area (Å²) in [7, 11) is 0. The molecule has 0 heterocycles. The largest absolute Gasteiger partial charge is 0.207 e. The Morgan fingerprint density at radius 2 is 1.43 bits per heavy atom. The van der Waals surface area contributed by atoms with E-state index in [0.29, 0.717) is 11.1 Å². The molecule has 0 spiro atoms. The predicted molar refractivity (Wildman–Crippen MR) is 86.2 cm³/mol. The Morgan fingerprint density at radius 1 is 0.905 bits per heavy atom. The maximum atomic E-state index is 13.9. The van der Waals surface area contributed by atoms with Crippen molar-refractivity contribution in [2.45, 2.75) is 6.42 Å². The third-order valence-corrected chi connectivity index (χ3v) is 5.10. The van der Waals surface area contributed by atoms with E-state index in [9.17, 15) is 4.39 Å². The summed E-state index contributed by atoms with van der Waals surface area (Å²) in [5.41, 5.74) is 0.962. The second-order valence-corrected chi connectivity index (χ2v) is 5.98. The van der Waals surface area contributed by atoms with Gasteiger partial charge >= 0.3 is 0 Å². The van der Waals surface area contributed by atoms with Crippen LogP contribution in [0.1, 0.15) is 5.56 Å². The van der Waals surface area contributed by atoms with Gasteiger partial charge in [-0.1, -0.05) is 70.1 Å². The van der Waals surface area contributed by atoms with E-state index in [1.54, 1.807) is 6.07 Å². The summed E-state index contributed by atoms with van der Waals surface area (Å²) in [6, 6.07) is 6.17. The molecule has 0 unspecified atom stereocenters. The Balaban J connectivity index is 2.69. The standard InChI is InChI=1S/C14H5Cl5FN/c15-10-9(11(16)13(18)14(19)12(10)17)7-2-1-6(3-4-21)8(20)5-7/h1-2,5H,3H2. The molecule has 2 aromatic rings. The lowest BCUT2D eigenvalue weighted by Gasteiger charge is -2.13. The molecule has 0 aliphatic heterocycles. The fraction of sp³-hybridized carbons (Fsp3) is 0.0714. The fourth-order valence-electron chi connectivity index (χ4n) is 1.79. The number of nitrogens with zero attached hydrogens (tertiary/aromatic N) is 1. The number of hydrogen-bond acceptors (Lipinski definition) is 1. The van der Waals surface area contributed by atoms with Gasteiger partial charge in [0.2, 0.25) is 0 Å².